The van der Waals surface area contributed by atoms with Crippen molar-refractivity contribution in [1.82, 2.24) is 15.2 Å². The van der Waals surface area contributed by atoms with Crippen LogP contribution >= 0.6 is 15.9 Å². The van der Waals surface area contributed by atoms with Crippen LogP contribution in [0.15, 0.2) is 10.7 Å². The van der Waals surface area contributed by atoms with Crippen molar-refractivity contribution in [2.45, 2.75) is 45.4 Å². The molecule has 1 heterocycles. The summed E-state index contributed by atoms with van der Waals surface area (Å²) in [4.78, 5) is 0. The van der Waals surface area contributed by atoms with Gasteiger partial charge in [0.1, 0.15) is 0 Å². The van der Waals surface area contributed by atoms with Gasteiger partial charge in [0.15, 0.2) is 0 Å². The minimum atomic E-state index is -0.371. The van der Waals surface area contributed by atoms with Gasteiger partial charge in [-0.15, -0.1) is 0 Å². The number of ether oxygens (including phenoxy) is 1. The van der Waals surface area contributed by atoms with Crippen LogP contribution in [0.1, 0.15) is 38.9 Å². The van der Waals surface area contributed by atoms with Crippen molar-refractivity contribution in [3.8, 4) is 0 Å². The summed E-state index contributed by atoms with van der Waals surface area (Å²) < 4.78 is 8.48. The van der Waals surface area contributed by atoms with Crippen LogP contribution in [-0.2, 0) is 11.3 Å². The fourth-order valence-electron chi connectivity index (χ4n) is 1.92. The molecule has 0 saturated carbocycles. The van der Waals surface area contributed by atoms with E-state index in [1.807, 2.05) is 18.5 Å². The Morgan fingerprint density at radius 3 is 2.71 bits per heavy atom. The molecular formula is C11H21BrN4O. The molecule has 0 fully saturated rings. The Morgan fingerprint density at radius 1 is 1.65 bits per heavy atom. The number of nitrogens with two attached hydrogens (primary N) is 1. The molecular weight excluding hydrogens is 284 g/mol. The van der Waals surface area contributed by atoms with Gasteiger partial charge < -0.3 is 4.74 Å². The van der Waals surface area contributed by atoms with Crippen molar-refractivity contribution in [2.75, 3.05) is 7.11 Å². The van der Waals surface area contributed by atoms with Crippen LogP contribution in [0.2, 0.25) is 0 Å². The molecule has 5 nitrogen and oxygen atoms in total. The van der Waals surface area contributed by atoms with E-state index >= 15 is 0 Å². The monoisotopic (exact) mass is 304 g/mol. The fourth-order valence-corrected chi connectivity index (χ4v) is 2.45. The molecule has 0 spiro atoms. The van der Waals surface area contributed by atoms with Crippen molar-refractivity contribution in [3.63, 3.8) is 0 Å². The lowest BCUT2D eigenvalue weighted by molar-refractivity contribution is -0.0324. The molecule has 1 rings (SSSR count). The quantitative estimate of drug-likeness (QED) is 0.623. The van der Waals surface area contributed by atoms with E-state index in [9.17, 15) is 0 Å². The Hall–Kier alpha value is -0.430. The molecule has 6 heteroatoms. The second-order valence-corrected chi connectivity index (χ2v) is 5.02. The van der Waals surface area contributed by atoms with E-state index in [2.05, 4.69) is 33.4 Å². The number of rotatable bonds is 6. The van der Waals surface area contributed by atoms with Gasteiger partial charge in [-0.05, 0) is 36.2 Å². The van der Waals surface area contributed by atoms with Crippen LogP contribution in [0.4, 0.5) is 0 Å². The highest BCUT2D eigenvalue weighted by molar-refractivity contribution is 9.10. The summed E-state index contributed by atoms with van der Waals surface area (Å²) in [6.07, 6.45) is 2.63. The Morgan fingerprint density at radius 2 is 2.29 bits per heavy atom. The predicted octanol–water partition coefficient (Wildman–Crippen LogP) is 1.99. The van der Waals surface area contributed by atoms with E-state index in [-0.39, 0.29) is 11.6 Å². The molecule has 1 aromatic rings. The molecule has 98 valence electrons. The summed E-state index contributed by atoms with van der Waals surface area (Å²) >= 11 is 3.52. The van der Waals surface area contributed by atoms with Crippen LogP contribution in [0.3, 0.4) is 0 Å². The van der Waals surface area contributed by atoms with Crippen molar-refractivity contribution in [1.29, 1.82) is 0 Å². The second-order valence-electron chi connectivity index (χ2n) is 4.16. The number of aryl methyl sites for hydroxylation is 1. The van der Waals surface area contributed by atoms with E-state index in [0.29, 0.717) is 0 Å². The minimum Gasteiger partial charge on any atom is -0.376 e. The Balaban J connectivity index is 3.21. The van der Waals surface area contributed by atoms with Crippen LogP contribution in [-0.4, -0.2) is 22.5 Å². The molecule has 0 aliphatic rings. The summed E-state index contributed by atoms with van der Waals surface area (Å²) in [5, 5.41) is 4.30. The number of aromatic nitrogens is 2. The number of nitrogens with zero attached hydrogens (tertiary/aromatic N) is 2. The summed E-state index contributed by atoms with van der Waals surface area (Å²) in [7, 11) is 1.70. The zero-order valence-electron chi connectivity index (χ0n) is 10.8. The van der Waals surface area contributed by atoms with Crippen molar-refractivity contribution < 1.29 is 4.74 Å². The smallest absolute Gasteiger partial charge is 0.0926 e. The highest BCUT2D eigenvalue weighted by Crippen LogP contribution is 2.34. The second kappa shape index (κ2) is 5.95. The highest BCUT2D eigenvalue weighted by atomic mass is 79.9. The highest BCUT2D eigenvalue weighted by Gasteiger charge is 2.36. The summed E-state index contributed by atoms with van der Waals surface area (Å²) in [6.45, 7) is 6.96. The molecule has 17 heavy (non-hydrogen) atoms. The van der Waals surface area contributed by atoms with Gasteiger partial charge in [-0.25, -0.2) is 5.43 Å². The van der Waals surface area contributed by atoms with Crippen LogP contribution in [0, 0.1) is 0 Å². The van der Waals surface area contributed by atoms with Gasteiger partial charge in [0.05, 0.1) is 28.0 Å². The summed E-state index contributed by atoms with van der Waals surface area (Å²) in [5.74, 6) is 5.70. The Kier molecular flexibility index (Phi) is 5.12. The standard InChI is InChI=1S/C11H21BrN4O/c1-5-11(3,17-4)10(15-13)9-8(12)7-14-16(9)6-2/h7,10,15H,5-6,13H2,1-4H3. The Labute approximate surface area is 111 Å². The molecule has 0 radical (unpaired) electrons. The summed E-state index contributed by atoms with van der Waals surface area (Å²) in [5.41, 5.74) is 3.49. The third kappa shape index (κ3) is 2.70. The molecule has 0 aliphatic carbocycles. The molecule has 0 aliphatic heterocycles. The average Bonchev–Trinajstić information content (AvgIpc) is 2.71. The zero-order valence-corrected chi connectivity index (χ0v) is 12.4. The zero-order chi connectivity index (χ0) is 13.1. The normalized spacial score (nSPS) is 16.8. The van der Waals surface area contributed by atoms with Crippen molar-refractivity contribution in [2.24, 2.45) is 5.84 Å². The topological polar surface area (TPSA) is 65.1 Å². The molecule has 2 atom stereocenters. The lowest BCUT2D eigenvalue weighted by atomic mass is 9.91. The molecule has 0 amide bonds. The third-order valence-electron chi connectivity index (χ3n) is 3.35. The molecule has 0 aromatic carbocycles. The molecule has 0 bridgehead atoms. The van der Waals surface area contributed by atoms with Gasteiger partial charge in [0.25, 0.3) is 0 Å². The van der Waals surface area contributed by atoms with Gasteiger partial charge in [-0.2, -0.15) is 5.10 Å². The van der Waals surface area contributed by atoms with Crippen LogP contribution < -0.4 is 11.3 Å². The van der Waals surface area contributed by atoms with Crippen molar-refractivity contribution in [3.05, 3.63) is 16.4 Å². The maximum atomic E-state index is 5.70. The van der Waals surface area contributed by atoms with Crippen molar-refractivity contribution >= 4 is 15.9 Å². The molecule has 1 aromatic heterocycles. The average molecular weight is 305 g/mol. The predicted molar refractivity (Wildman–Crippen MR) is 71.4 cm³/mol. The maximum absolute atomic E-state index is 5.70. The van der Waals surface area contributed by atoms with Crippen LogP contribution in [0.25, 0.3) is 0 Å². The number of hydrazine groups is 1. The first-order chi connectivity index (χ1) is 8.03. The molecule has 2 unspecified atom stereocenters. The fraction of sp³-hybridized carbons (Fsp3) is 0.727. The third-order valence-corrected chi connectivity index (χ3v) is 3.96. The Bertz CT molecular complexity index is 362. The van der Waals surface area contributed by atoms with Crippen LogP contribution in [0.5, 0.6) is 0 Å². The van der Waals surface area contributed by atoms with E-state index in [1.165, 1.54) is 0 Å². The number of halogens is 1. The SMILES string of the molecule is CCn1ncc(Br)c1C(NN)C(C)(CC)OC. The number of hydrogen-bond donors (Lipinski definition) is 2. The van der Waals surface area contributed by atoms with Gasteiger partial charge in [0, 0.05) is 13.7 Å². The molecule has 0 saturated heterocycles. The van der Waals surface area contributed by atoms with Gasteiger partial charge in [0.2, 0.25) is 0 Å². The van der Waals surface area contributed by atoms with E-state index < -0.39 is 0 Å². The lowest BCUT2D eigenvalue weighted by Gasteiger charge is -2.35. The number of nitrogens with one attached hydrogen (secondary N) is 1. The van der Waals surface area contributed by atoms with Gasteiger partial charge >= 0.3 is 0 Å². The minimum absolute atomic E-state index is 0.116. The van der Waals surface area contributed by atoms with E-state index in [4.69, 9.17) is 10.6 Å². The van der Waals surface area contributed by atoms with Gasteiger partial charge in [-0.3, -0.25) is 10.5 Å². The first-order valence-corrected chi connectivity index (χ1v) is 6.55. The molecule has 3 N–H and O–H groups in total. The van der Waals surface area contributed by atoms with E-state index in [0.717, 1.165) is 23.1 Å². The number of hydrogen-bond acceptors (Lipinski definition) is 4. The first kappa shape index (κ1) is 14.6. The number of methoxy groups -OCH3 is 1. The summed E-state index contributed by atoms with van der Waals surface area (Å²) in [6, 6.07) is -0.116. The maximum Gasteiger partial charge on any atom is 0.0926 e. The first-order valence-electron chi connectivity index (χ1n) is 5.76. The van der Waals surface area contributed by atoms with Gasteiger partial charge in [-0.1, -0.05) is 6.92 Å². The van der Waals surface area contributed by atoms with E-state index in [1.54, 1.807) is 13.3 Å². The largest absolute Gasteiger partial charge is 0.376 e. The lowest BCUT2D eigenvalue weighted by Crippen LogP contribution is -2.46.